The summed E-state index contributed by atoms with van der Waals surface area (Å²) < 4.78 is 38.2. The molecule has 0 atom stereocenters. The minimum atomic E-state index is -4.11. The van der Waals surface area contributed by atoms with Crippen molar-refractivity contribution >= 4 is 16.9 Å². The van der Waals surface area contributed by atoms with Gasteiger partial charge in [0.25, 0.3) is 0 Å². The second-order valence-electron chi connectivity index (χ2n) is 6.16. The quantitative estimate of drug-likeness (QED) is 0.620. The van der Waals surface area contributed by atoms with E-state index < -0.39 is 18.6 Å². The van der Waals surface area contributed by atoms with Crippen LogP contribution in [0.4, 0.5) is 13.2 Å². The molecule has 0 saturated carbocycles. The van der Waals surface area contributed by atoms with Gasteiger partial charge in [-0.1, -0.05) is 6.42 Å². The van der Waals surface area contributed by atoms with Gasteiger partial charge in [-0.05, 0) is 31.0 Å². The van der Waals surface area contributed by atoms with Crippen molar-refractivity contribution in [3.05, 3.63) is 42.4 Å². The summed E-state index contributed by atoms with van der Waals surface area (Å²) in [5, 5.41) is 14.1. The van der Waals surface area contributed by atoms with Gasteiger partial charge in [-0.2, -0.15) is 18.3 Å². The number of pyridine rings is 2. The molecule has 0 spiro atoms. The van der Waals surface area contributed by atoms with Gasteiger partial charge in [0.05, 0.1) is 34.9 Å². The Balaban J connectivity index is 1.69. The Morgan fingerprint density at radius 3 is 2.59 bits per heavy atom. The van der Waals surface area contributed by atoms with Crippen LogP contribution in [-0.2, 0) is 6.54 Å². The van der Waals surface area contributed by atoms with E-state index in [1.807, 2.05) is 0 Å². The van der Waals surface area contributed by atoms with Crippen LogP contribution in [0.2, 0.25) is 0 Å². The van der Waals surface area contributed by atoms with Crippen LogP contribution in [-0.4, -0.2) is 37.0 Å². The highest BCUT2D eigenvalue weighted by Gasteiger charge is 2.25. The Morgan fingerprint density at radius 2 is 1.85 bits per heavy atom. The van der Waals surface area contributed by atoms with E-state index in [4.69, 9.17) is 5.11 Å². The first-order valence-electron chi connectivity index (χ1n) is 8.41. The Labute approximate surface area is 152 Å². The molecule has 3 aromatic heterocycles. The first-order valence-corrected chi connectivity index (χ1v) is 8.41. The molecule has 0 fully saturated rings. The smallest absolute Gasteiger partial charge is 0.389 e. The maximum atomic E-state index is 12.1. The van der Waals surface area contributed by atoms with Gasteiger partial charge in [0.1, 0.15) is 0 Å². The standard InChI is InChI=1S/C18H17F3N4O2/c19-18(20,21)5-2-1-3-7-25-16-11-23-15(9-13(16)10-24-25)14-8-12(17(26)27)4-6-22-14/h4,6,8-11H,1-3,5,7H2,(H,26,27). The minimum Gasteiger partial charge on any atom is -0.478 e. The molecule has 0 saturated heterocycles. The predicted molar refractivity (Wildman–Crippen MR) is 92.2 cm³/mol. The first kappa shape index (κ1) is 18.8. The van der Waals surface area contributed by atoms with Crippen LogP contribution in [0.15, 0.2) is 36.8 Å². The highest BCUT2D eigenvalue weighted by molar-refractivity contribution is 5.89. The van der Waals surface area contributed by atoms with Crippen LogP contribution in [0.5, 0.6) is 0 Å². The van der Waals surface area contributed by atoms with Crippen LogP contribution in [0.3, 0.4) is 0 Å². The van der Waals surface area contributed by atoms with Gasteiger partial charge in [0, 0.05) is 24.5 Å². The summed E-state index contributed by atoms with van der Waals surface area (Å²) in [6.45, 7) is 0.509. The number of carbonyl (C=O) groups is 1. The molecule has 9 heteroatoms. The number of hydrogen-bond acceptors (Lipinski definition) is 4. The molecule has 3 aromatic rings. The Hall–Kier alpha value is -2.97. The molecule has 0 bridgehead atoms. The number of nitrogens with zero attached hydrogens (tertiary/aromatic N) is 4. The molecule has 0 aliphatic rings. The third-order valence-corrected chi connectivity index (χ3v) is 4.13. The van der Waals surface area contributed by atoms with Crippen LogP contribution in [0, 0.1) is 0 Å². The van der Waals surface area contributed by atoms with Crippen molar-refractivity contribution in [2.24, 2.45) is 0 Å². The molecule has 1 N–H and O–H groups in total. The molecule has 0 aromatic carbocycles. The van der Waals surface area contributed by atoms with Gasteiger partial charge in [-0.3, -0.25) is 14.6 Å². The van der Waals surface area contributed by atoms with Crippen LogP contribution < -0.4 is 0 Å². The fourth-order valence-corrected chi connectivity index (χ4v) is 2.76. The van der Waals surface area contributed by atoms with Crippen molar-refractivity contribution in [2.45, 2.75) is 38.4 Å². The molecule has 0 unspecified atom stereocenters. The van der Waals surface area contributed by atoms with E-state index in [1.54, 1.807) is 23.1 Å². The Morgan fingerprint density at radius 1 is 1.07 bits per heavy atom. The fourth-order valence-electron chi connectivity index (χ4n) is 2.76. The number of rotatable bonds is 7. The number of hydrogen-bond donors (Lipinski definition) is 1. The minimum absolute atomic E-state index is 0.108. The zero-order valence-electron chi connectivity index (χ0n) is 14.3. The average Bonchev–Trinajstić information content (AvgIpc) is 3.03. The zero-order chi connectivity index (χ0) is 19.4. The lowest BCUT2D eigenvalue weighted by Gasteiger charge is -2.07. The lowest BCUT2D eigenvalue weighted by atomic mass is 10.1. The molecule has 142 valence electrons. The lowest BCUT2D eigenvalue weighted by Crippen LogP contribution is -2.07. The Kier molecular flexibility index (Phi) is 5.38. The van der Waals surface area contributed by atoms with E-state index >= 15 is 0 Å². The normalized spacial score (nSPS) is 11.8. The molecular formula is C18H17F3N4O2. The van der Waals surface area contributed by atoms with Crippen LogP contribution in [0.25, 0.3) is 22.3 Å². The van der Waals surface area contributed by atoms with Crippen molar-refractivity contribution in [2.75, 3.05) is 0 Å². The largest absolute Gasteiger partial charge is 0.478 e. The summed E-state index contributed by atoms with van der Waals surface area (Å²) in [6.07, 6.45) is 0.978. The Bertz CT molecular complexity index is 953. The van der Waals surface area contributed by atoms with Crippen molar-refractivity contribution in [1.82, 2.24) is 19.7 Å². The van der Waals surface area contributed by atoms with E-state index in [0.29, 0.717) is 30.8 Å². The molecule has 0 aliphatic heterocycles. The number of fused-ring (bicyclic) bond motifs is 1. The number of aromatic carboxylic acids is 1. The maximum Gasteiger partial charge on any atom is 0.389 e. The summed E-state index contributed by atoms with van der Waals surface area (Å²) >= 11 is 0. The predicted octanol–water partition coefficient (Wildman–Crippen LogP) is 4.31. The van der Waals surface area contributed by atoms with Gasteiger partial charge in [-0.25, -0.2) is 4.79 Å². The lowest BCUT2D eigenvalue weighted by molar-refractivity contribution is -0.135. The average molecular weight is 378 g/mol. The number of halogens is 3. The van der Waals surface area contributed by atoms with E-state index in [2.05, 4.69) is 15.1 Å². The molecule has 0 aliphatic carbocycles. The SMILES string of the molecule is O=C(O)c1ccnc(-c2cc3cnn(CCCCCC(F)(F)F)c3cn2)c1. The number of unbranched alkanes of at least 4 members (excludes halogenated alkanes) is 2. The van der Waals surface area contributed by atoms with Crippen LogP contribution in [0.1, 0.15) is 36.0 Å². The van der Waals surface area contributed by atoms with Crippen molar-refractivity contribution in [3.8, 4) is 11.4 Å². The fraction of sp³-hybridized carbons (Fsp3) is 0.333. The molecule has 3 rings (SSSR count). The van der Waals surface area contributed by atoms with Gasteiger partial charge in [0.2, 0.25) is 0 Å². The molecule has 0 radical (unpaired) electrons. The van der Waals surface area contributed by atoms with Gasteiger partial charge >= 0.3 is 12.1 Å². The van der Waals surface area contributed by atoms with Crippen LogP contribution >= 0.6 is 0 Å². The van der Waals surface area contributed by atoms with Gasteiger partial charge < -0.3 is 5.11 Å². The maximum absolute atomic E-state index is 12.1. The first-order chi connectivity index (χ1) is 12.8. The topological polar surface area (TPSA) is 80.9 Å². The molecule has 0 amide bonds. The van der Waals surface area contributed by atoms with Crippen molar-refractivity contribution in [1.29, 1.82) is 0 Å². The number of carboxylic acids is 1. The van der Waals surface area contributed by atoms with E-state index in [0.717, 1.165) is 10.9 Å². The van der Waals surface area contributed by atoms with Gasteiger partial charge in [0.15, 0.2) is 0 Å². The third kappa shape index (κ3) is 4.81. The number of carboxylic acid groups (broad SMARTS) is 1. The number of alkyl halides is 3. The van der Waals surface area contributed by atoms with Gasteiger partial charge in [-0.15, -0.1) is 0 Å². The summed E-state index contributed by atoms with van der Waals surface area (Å²) in [5.74, 6) is -1.04. The molecular weight excluding hydrogens is 361 g/mol. The summed E-state index contributed by atoms with van der Waals surface area (Å²) in [7, 11) is 0. The number of aromatic nitrogens is 4. The molecule has 3 heterocycles. The monoisotopic (exact) mass is 378 g/mol. The summed E-state index contributed by atoms with van der Waals surface area (Å²) in [4.78, 5) is 19.6. The van der Waals surface area contributed by atoms with Crippen molar-refractivity contribution in [3.63, 3.8) is 0 Å². The second kappa shape index (κ2) is 7.73. The molecule has 6 nitrogen and oxygen atoms in total. The summed E-state index contributed by atoms with van der Waals surface area (Å²) in [6, 6.07) is 4.61. The van der Waals surface area contributed by atoms with Crippen molar-refractivity contribution < 1.29 is 23.1 Å². The zero-order valence-corrected chi connectivity index (χ0v) is 14.3. The highest BCUT2D eigenvalue weighted by Crippen LogP contribution is 2.24. The molecule has 27 heavy (non-hydrogen) atoms. The second-order valence-corrected chi connectivity index (χ2v) is 6.16. The van der Waals surface area contributed by atoms with E-state index in [-0.39, 0.29) is 12.0 Å². The third-order valence-electron chi connectivity index (χ3n) is 4.13. The summed E-state index contributed by atoms with van der Waals surface area (Å²) in [5.41, 5.74) is 1.85. The highest BCUT2D eigenvalue weighted by atomic mass is 19.4. The van der Waals surface area contributed by atoms with E-state index in [1.165, 1.54) is 18.3 Å². The number of aryl methyl sites for hydroxylation is 1. The van der Waals surface area contributed by atoms with E-state index in [9.17, 15) is 18.0 Å².